The number of aromatic nitrogens is 1. The van der Waals surface area contributed by atoms with Gasteiger partial charge in [0, 0.05) is 18.3 Å². The molecule has 11 heavy (non-hydrogen) atoms. The summed E-state index contributed by atoms with van der Waals surface area (Å²) < 4.78 is 0. The molecule has 2 N–H and O–H groups in total. The van der Waals surface area contributed by atoms with Crippen LogP contribution in [0.2, 0.25) is 0 Å². The number of thiazole rings is 1. The van der Waals surface area contributed by atoms with E-state index in [1.165, 1.54) is 11.3 Å². The molecule has 0 spiro atoms. The summed E-state index contributed by atoms with van der Waals surface area (Å²) in [6.45, 7) is 3.98. The number of hydrogen-bond donors (Lipinski definition) is 2. The second-order valence-electron chi connectivity index (χ2n) is 2.22. The molecular weight excluding hydrogens is 160 g/mol. The summed E-state index contributed by atoms with van der Waals surface area (Å²) in [4.78, 5) is 3.92. The molecule has 3 nitrogen and oxygen atoms in total. The third-order valence-electron chi connectivity index (χ3n) is 1.35. The average Bonchev–Trinajstić information content (AvgIpc) is 2.37. The van der Waals surface area contributed by atoms with Gasteiger partial charge in [0.1, 0.15) is 0 Å². The molecule has 0 fully saturated rings. The van der Waals surface area contributed by atoms with Crippen LogP contribution in [0.15, 0.2) is 5.38 Å². The molecule has 0 amide bonds. The smallest absolute Gasteiger partial charge is 0.270 e. The topological polar surface area (TPSA) is 45.1 Å². The van der Waals surface area contributed by atoms with E-state index >= 15 is 0 Å². The Bertz CT molecular complexity index is 212. The molecular formula is C7H12N2OS. The molecule has 0 bridgehead atoms. The van der Waals surface area contributed by atoms with Gasteiger partial charge in [0.05, 0.1) is 5.69 Å². The third kappa shape index (κ3) is 2.86. The lowest BCUT2D eigenvalue weighted by Crippen LogP contribution is -2.16. The first-order chi connectivity index (χ1) is 5.33. The fourth-order valence-electron chi connectivity index (χ4n) is 0.804. The summed E-state index contributed by atoms with van der Waals surface area (Å²) in [5, 5.41) is 14.1. The van der Waals surface area contributed by atoms with E-state index in [0.717, 1.165) is 25.2 Å². The Morgan fingerprint density at radius 1 is 1.73 bits per heavy atom. The Labute approximate surface area is 70.1 Å². The summed E-state index contributed by atoms with van der Waals surface area (Å²) in [6.07, 6.45) is 0.894. The quantitative estimate of drug-likeness (QED) is 0.666. The Kier molecular flexibility index (Phi) is 3.32. The average molecular weight is 172 g/mol. The van der Waals surface area contributed by atoms with Gasteiger partial charge in [0.2, 0.25) is 0 Å². The Hall–Kier alpha value is -0.610. The highest BCUT2D eigenvalue weighted by Crippen LogP contribution is 2.15. The predicted octanol–water partition coefficient (Wildman–Crippen LogP) is 1.00. The molecule has 4 heteroatoms. The zero-order valence-corrected chi connectivity index (χ0v) is 7.32. The van der Waals surface area contributed by atoms with Crippen LogP contribution in [0.5, 0.6) is 5.19 Å². The van der Waals surface area contributed by atoms with Crippen LogP contribution in [-0.4, -0.2) is 23.2 Å². The zero-order chi connectivity index (χ0) is 8.10. The van der Waals surface area contributed by atoms with E-state index < -0.39 is 0 Å². The molecule has 1 rings (SSSR count). The molecule has 1 aromatic heterocycles. The summed E-state index contributed by atoms with van der Waals surface area (Å²) >= 11 is 1.28. The minimum atomic E-state index is 0.163. The fourth-order valence-corrected chi connectivity index (χ4v) is 1.39. The summed E-state index contributed by atoms with van der Waals surface area (Å²) in [5.74, 6) is 0. The van der Waals surface area contributed by atoms with Crippen molar-refractivity contribution in [3.8, 4) is 5.19 Å². The number of aromatic hydroxyl groups is 1. The maximum absolute atomic E-state index is 8.90. The maximum atomic E-state index is 8.90. The van der Waals surface area contributed by atoms with Gasteiger partial charge in [-0.2, -0.15) is 0 Å². The summed E-state index contributed by atoms with van der Waals surface area (Å²) in [5.41, 5.74) is 0.966. The van der Waals surface area contributed by atoms with Crippen LogP contribution in [-0.2, 0) is 6.42 Å². The van der Waals surface area contributed by atoms with Gasteiger partial charge in [-0.1, -0.05) is 18.3 Å². The first-order valence-electron chi connectivity index (χ1n) is 3.67. The van der Waals surface area contributed by atoms with E-state index in [0.29, 0.717) is 0 Å². The molecule has 0 saturated heterocycles. The van der Waals surface area contributed by atoms with E-state index in [9.17, 15) is 0 Å². The van der Waals surface area contributed by atoms with Crippen molar-refractivity contribution in [2.45, 2.75) is 13.3 Å². The predicted molar refractivity (Wildman–Crippen MR) is 46.0 cm³/mol. The second-order valence-corrected chi connectivity index (χ2v) is 3.06. The van der Waals surface area contributed by atoms with Gasteiger partial charge in [-0.05, 0) is 6.54 Å². The van der Waals surface area contributed by atoms with Gasteiger partial charge >= 0.3 is 0 Å². The molecule has 1 heterocycles. The third-order valence-corrected chi connectivity index (χ3v) is 2.04. The highest BCUT2D eigenvalue weighted by atomic mass is 32.1. The largest absolute Gasteiger partial charge is 0.486 e. The van der Waals surface area contributed by atoms with Gasteiger partial charge in [0.15, 0.2) is 0 Å². The van der Waals surface area contributed by atoms with Gasteiger partial charge in [-0.3, -0.25) is 0 Å². The SMILES string of the molecule is CCNCCc1csc(O)n1. The molecule has 0 unspecified atom stereocenters. The number of rotatable bonds is 4. The van der Waals surface area contributed by atoms with Crippen molar-refractivity contribution in [2.75, 3.05) is 13.1 Å². The normalized spacial score (nSPS) is 10.3. The lowest BCUT2D eigenvalue weighted by Gasteiger charge is -1.96. The lowest BCUT2D eigenvalue weighted by molar-refractivity contribution is 0.469. The van der Waals surface area contributed by atoms with Crippen molar-refractivity contribution in [1.29, 1.82) is 0 Å². The standard InChI is InChI=1S/C7H12N2OS/c1-2-8-4-3-6-5-11-7(10)9-6/h5,8H,2-4H2,1H3,(H,9,10). The number of likely N-dealkylation sites (N-methyl/N-ethyl adjacent to an activating group) is 1. The van der Waals surface area contributed by atoms with Crippen LogP contribution in [0.3, 0.4) is 0 Å². The molecule has 0 saturated carbocycles. The van der Waals surface area contributed by atoms with Crippen LogP contribution in [0.1, 0.15) is 12.6 Å². The van der Waals surface area contributed by atoms with Crippen molar-refractivity contribution in [3.63, 3.8) is 0 Å². The molecule has 0 aliphatic carbocycles. The first-order valence-corrected chi connectivity index (χ1v) is 4.55. The van der Waals surface area contributed by atoms with Crippen LogP contribution in [0.4, 0.5) is 0 Å². The maximum Gasteiger partial charge on any atom is 0.270 e. The van der Waals surface area contributed by atoms with Crippen molar-refractivity contribution in [1.82, 2.24) is 10.3 Å². The fraction of sp³-hybridized carbons (Fsp3) is 0.571. The van der Waals surface area contributed by atoms with Crippen LogP contribution >= 0.6 is 11.3 Å². The molecule has 0 aliphatic rings. The highest BCUT2D eigenvalue weighted by Gasteiger charge is 1.97. The van der Waals surface area contributed by atoms with Gasteiger partial charge in [0.25, 0.3) is 5.19 Å². The summed E-state index contributed by atoms with van der Waals surface area (Å²) in [6, 6.07) is 0. The molecule has 1 aromatic rings. The second kappa shape index (κ2) is 4.31. The molecule has 0 atom stereocenters. The van der Waals surface area contributed by atoms with Crippen molar-refractivity contribution in [3.05, 3.63) is 11.1 Å². The monoisotopic (exact) mass is 172 g/mol. The molecule has 0 radical (unpaired) electrons. The Balaban J connectivity index is 2.27. The number of nitrogens with one attached hydrogen (secondary N) is 1. The van der Waals surface area contributed by atoms with Gasteiger partial charge < -0.3 is 10.4 Å². The van der Waals surface area contributed by atoms with E-state index in [1.54, 1.807) is 0 Å². The Morgan fingerprint density at radius 2 is 2.55 bits per heavy atom. The molecule has 0 aliphatic heterocycles. The minimum absolute atomic E-state index is 0.163. The number of hydrogen-bond acceptors (Lipinski definition) is 4. The lowest BCUT2D eigenvalue weighted by atomic mass is 10.3. The van der Waals surface area contributed by atoms with E-state index in [4.69, 9.17) is 5.11 Å². The van der Waals surface area contributed by atoms with Crippen molar-refractivity contribution >= 4 is 11.3 Å². The molecule has 62 valence electrons. The van der Waals surface area contributed by atoms with E-state index in [-0.39, 0.29) is 5.19 Å². The Morgan fingerprint density at radius 3 is 3.09 bits per heavy atom. The van der Waals surface area contributed by atoms with E-state index in [1.807, 2.05) is 5.38 Å². The zero-order valence-electron chi connectivity index (χ0n) is 6.50. The van der Waals surface area contributed by atoms with E-state index in [2.05, 4.69) is 17.2 Å². The highest BCUT2D eigenvalue weighted by molar-refractivity contribution is 7.11. The van der Waals surface area contributed by atoms with Crippen molar-refractivity contribution in [2.24, 2.45) is 0 Å². The number of nitrogens with zero attached hydrogens (tertiary/aromatic N) is 1. The summed E-state index contributed by atoms with van der Waals surface area (Å²) in [7, 11) is 0. The van der Waals surface area contributed by atoms with Crippen LogP contribution < -0.4 is 5.32 Å². The molecule has 0 aromatic carbocycles. The first kappa shape index (κ1) is 8.49. The van der Waals surface area contributed by atoms with Gasteiger partial charge in [-0.25, -0.2) is 4.98 Å². The van der Waals surface area contributed by atoms with Crippen LogP contribution in [0.25, 0.3) is 0 Å². The minimum Gasteiger partial charge on any atom is -0.486 e. The van der Waals surface area contributed by atoms with Gasteiger partial charge in [-0.15, -0.1) is 0 Å². The van der Waals surface area contributed by atoms with Crippen LogP contribution in [0, 0.1) is 0 Å². The van der Waals surface area contributed by atoms with Crippen molar-refractivity contribution < 1.29 is 5.11 Å².